The van der Waals surface area contributed by atoms with Crippen LogP contribution >= 0.6 is 0 Å². The van der Waals surface area contributed by atoms with E-state index in [1.54, 1.807) is 0 Å². The highest BCUT2D eigenvalue weighted by molar-refractivity contribution is 4.91. The van der Waals surface area contributed by atoms with Gasteiger partial charge in [0.05, 0.1) is 18.3 Å². The van der Waals surface area contributed by atoms with Crippen molar-refractivity contribution in [1.29, 1.82) is 0 Å². The highest BCUT2D eigenvalue weighted by atomic mass is 16.5. The second-order valence-electron chi connectivity index (χ2n) is 6.68. The maximum absolute atomic E-state index is 10.3. The molecule has 0 aromatic rings. The number of aliphatic hydroxyl groups is 1. The van der Waals surface area contributed by atoms with Gasteiger partial charge in [-0.05, 0) is 39.0 Å². The molecule has 0 amide bonds. The molecule has 3 nitrogen and oxygen atoms in total. The van der Waals surface area contributed by atoms with E-state index in [1.165, 1.54) is 25.7 Å². The molecule has 1 aliphatic heterocycles. The van der Waals surface area contributed by atoms with E-state index in [9.17, 15) is 5.11 Å². The van der Waals surface area contributed by atoms with Crippen molar-refractivity contribution in [2.24, 2.45) is 5.92 Å². The monoisotopic (exact) mass is 255 g/mol. The molecule has 3 atom stereocenters. The second kappa shape index (κ2) is 5.89. The summed E-state index contributed by atoms with van der Waals surface area (Å²) in [6, 6.07) is 0.360. The molecule has 106 valence electrons. The average Bonchev–Trinajstić information content (AvgIpc) is 2.30. The molecule has 2 aliphatic rings. The summed E-state index contributed by atoms with van der Waals surface area (Å²) in [4.78, 5) is 2.47. The quantitative estimate of drug-likeness (QED) is 0.840. The zero-order chi connectivity index (χ0) is 13.2. The van der Waals surface area contributed by atoms with E-state index in [-0.39, 0.29) is 11.7 Å². The fourth-order valence-electron chi connectivity index (χ4n) is 3.61. The molecule has 1 aliphatic carbocycles. The Kier molecular flexibility index (Phi) is 4.68. The molecule has 1 saturated heterocycles. The van der Waals surface area contributed by atoms with Gasteiger partial charge in [0, 0.05) is 19.1 Å². The van der Waals surface area contributed by atoms with Crippen molar-refractivity contribution in [3.8, 4) is 0 Å². The number of ether oxygens (including phenoxy) is 1. The van der Waals surface area contributed by atoms with Crippen molar-refractivity contribution in [3.05, 3.63) is 0 Å². The van der Waals surface area contributed by atoms with Crippen LogP contribution in [-0.4, -0.2) is 47.4 Å². The summed E-state index contributed by atoms with van der Waals surface area (Å²) >= 11 is 0. The van der Waals surface area contributed by atoms with E-state index in [0.29, 0.717) is 6.04 Å². The average molecular weight is 255 g/mol. The van der Waals surface area contributed by atoms with Gasteiger partial charge in [0.15, 0.2) is 0 Å². The van der Waals surface area contributed by atoms with Crippen molar-refractivity contribution < 1.29 is 9.84 Å². The van der Waals surface area contributed by atoms with Crippen LogP contribution in [0.2, 0.25) is 0 Å². The van der Waals surface area contributed by atoms with Crippen molar-refractivity contribution in [2.75, 3.05) is 19.7 Å². The molecule has 1 N–H and O–H groups in total. The first-order valence-corrected chi connectivity index (χ1v) is 7.58. The van der Waals surface area contributed by atoms with Gasteiger partial charge in [-0.15, -0.1) is 0 Å². The van der Waals surface area contributed by atoms with Crippen molar-refractivity contribution >= 4 is 0 Å². The Morgan fingerprint density at radius 2 is 2.11 bits per heavy atom. The third-order valence-corrected chi connectivity index (χ3v) is 4.51. The predicted molar refractivity (Wildman–Crippen MR) is 73.6 cm³/mol. The smallest absolute Gasteiger partial charge is 0.0753 e. The summed E-state index contributed by atoms with van der Waals surface area (Å²) in [5.41, 5.74) is -0.0599. The number of hydrogen-bond acceptors (Lipinski definition) is 3. The lowest BCUT2D eigenvalue weighted by Gasteiger charge is -2.46. The summed E-state index contributed by atoms with van der Waals surface area (Å²) in [5, 5.41) is 10.3. The maximum atomic E-state index is 10.3. The molecule has 0 aromatic carbocycles. The normalized spacial score (nSPS) is 37.7. The van der Waals surface area contributed by atoms with Crippen LogP contribution < -0.4 is 0 Å². The van der Waals surface area contributed by atoms with E-state index in [4.69, 9.17) is 4.74 Å². The van der Waals surface area contributed by atoms with E-state index in [2.05, 4.69) is 25.7 Å². The molecule has 1 heterocycles. The van der Waals surface area contributed by atoms with Gasteiger partial charge in [-0.2, -0.15) is 0 Å². The maximum Gasteiger partial charge on any atom is 0.0753 e. The lowest BCUT2D eigenvalue weighted by atomic mass is 9.80. The van der Waals surface area contributed by atoms with Crippen LogP contribution in [0.1, 0.15) is 52.9 Å². The van der Waals surface area contributed by atoms with Gasteiger partial charge in [0.2, 0.25) is 0 Å². The van der Waals surface area contributed by atoms with Crippen LogP contribution in [0, 0.1) is 5.92 Å². The van der Waals surface area contributed by atoms with Gasteiger partial charge in [0.25, 0.3) is 0 Å². The van der Waals surface area contributed by atoms with Crippen LogP contribution in [0.3, 0.4) is 0 Å². The number of aliphatic hydroxyl groups excluding tert-OH is 1. The molecule has 3 heteroatoms. The molecular weight excluding hydrogens is 226 g/mol. The summed E-state index contributed by atoms with van der Waals surface area (Å²) in [6.07, 6.45) is 5.81. The number of rotatable bonds is 3. The molecule has 0 aromatic heterocycles. The molecule has 2 fully saturated rings. The Morgan fingerprint density at radius 3 is 2.78 bits per heavy atom. The summed E-state index contributed by atoms with van der Waals surface area (Å²) in [6.45, 7) is 9.29. The summed E-state index contributed by atoms with van der Waals surface area (Å²) in [7, 11) is 0. The zero-order valence-corrected chi connectivity index (χ0v) is 12.2. The van der Waals surface area contributed by atoms with Crippen molar-refractivity contribution in [2.45, 2.75) is 70.6 Å². The fourth-order valence-corrected chi connectivity index (χ4v) is 3.61. The Bertz CT molecular complexity index is 267. The molecule has 1 saturated carbocycles. The Morgan fingerprint density at radius 1 is 1.33 bits per heavy atom. The molecule has 0 bridgehead atoms. The molecule has 18 heavy (non-hydrogen) atoms. The van der Waals surface area contributed by atoms with Crippen molar-refractivity contribution in [3.63, 3.8) is 0 Å². The number of morpholine rings is 1. The van der Waals surface area contributed by atoms with Gasteiger partial charge in [-0.1, -0.05) is 19.8 Å². The lowest BCUT2D eigenvalue weighted by Crippen LogP contribution is -2.56. The fraction of sp³-hybridized carbons (Fsp3) is 1.00. The summed E-state index contributed by atoms with van der Waals surface area (Å²) < 4.78 is 5.77. The van der Waals surface area contributed by atoms with Crippen LogP contribution in [0.15, 0.2) is 0 Å². The number of nitrogens with zero attached hydrogens (tertiary/aromatic N) is 1. The third kappa shape index (κ3) is 3.46. The minimum atomic E-state index is -0.132. The molecule has 0 radical (unpaired) electrons. The Labute approximate surface area is 112 Å². The molecule has 0 spiro atoms. The number of hydrogen-bond donors (Lipinski definition) is 1. The van der Waals surface area contributed by atoms with E-state index in [1.807, 2.05) is 0 Å². The first-order valence-electron chi connectivity index (χ1n) is 7.58. The van der Waals surface area contributed by atoms with Gasteiger partial charge in [-0.25, -0.2) is 0 Å². The zero-order valence-electron chi connectivity index (χ0n) is 12.2. The van der Waals surface area contributed by atoms with Crippen LogP contribution in [-0.2, 0) is 4.74 Å². The standard InChI is InChI=1S/C15H29NO2/c1-4-5-12-6-7-14(17)13(10-12)16-8-9-18-15(2,3)11-16/h12-14,17H,4-11H2,1-3H3. The minimum absolute atomic E-state index is 0.0599. The summed E-state index contributed by atoms with van der Waals surface area (Å²) in [5.74, 6) is 0.814. The molecule has 2 rings (SSSR count). The molecular formula is C15H29NO2. The predicted octanol–water partition coefficient (Wildman–Crippen LogP) is 2.43. The van der Waals surface area contributed by atoms with Crippen LogP contribution in [0.5, 0.6) is 0 Å². The van der Waals surface area contributed by atoms with Gasteiger partial charge < -0.3 is 9.84 Å². The lowest BCUT2D eigenvalue weighted by molar-refractivity contribution is -0.119. The van der Waals surface area contributed by atoms with E-state index in [0.717, 1.165) is 32.0 Å². The van der Waals surface area contributed by atoms with Crippen LogP contribution in [0.4, 0.5) is 0 Å². The van der Waals surface area contributed by atoms with Gasteiger partial charge in [-0.3, -0.25) is 4.90 Å². The topological polar surface area (TPSA) is 32.7 Å². The Hall–Kier alpha value is -0.120. The van der Waals surface area contributed by atoms with E-state index >= 15 is 0 Å². The van der Waals surface area contributed by atoms with Crippen LogP contribution in [0.25, 0.3) is 0 Å². The van der Waals surface area contributed by atoms with Crippen molar-refractivity contribution in [1.82, 2.24) is 4.90 Å². The first kappa shape index (κ1) is 14.3. The second-order valence-corrected chi connectivity index (χ2v) is 6.68. The van der Waals surface area contributed by atoms with Gasteiger partial charge in [0.1, 0.15) is 0 Å². The SMILES string of the molecule is CCCC1CCC(O)C(N2CCOC(C)(C)C2)C1. The van der Waals surface area contributed by atoms with E-state index < -0.39 is 0 Å². The minimum Gasteiger partial charge on any atom is -0.391 e. The largest absolute Gasteiger partial charge is 0.391 e. The highest BCUT2D eigenvalue weighted by Crippen LogP contribution is 2.32. The van der Waals surface area contributed by atoms with Gasteiger partial charge >= 0.3 is 0 Å². The third-order valence-electron chi connectivity index (χ3n) is 4.51. The Balaban J connectivity index is 1.96. The first-order chi connectivity index (χ1) is 8.52. The molecule has 3 unspecified atom stereocenters. The highest BCUT2D eigenvalue weighted by Gasteiger charge is 2.37.